The second-order valence-electron chi connectivity index (χ2n) is 7.63. The third-order valence-corrected chi connectivity index (χ3v) is 5.68. The number of hydrogen-bond donors (Lipinski definition) is 2. The van der Waals surface area contributed by atoms with Gasteiger partial charge in [-0.25, -0.2) is 15.0 Å². The number of amidine groups is 1. The van der Waals surface area contributed by atoms with Crippen LogP contribution in [0.4, 0.5) is 0 Å². The number of likely N-dealkylation sites (N-methyl/N-ethyl adjacent to an activating group) is 1. The fourth-order valence-electron chi connectivity index (χ4n) is 3.92. The van der Waals surface area contributed by atoms with Crippen molar-refractivity contribution in [2.75, 3.05) is 26.7 Å². The van der Waals surface area contributed by atoms with Crippen LogP contribution in [0, 0.1) is 0 Å². The van der Waals surface area contributed by atoms with Crippen LogP contribution in [0.15, 0.2) is 35.9 Å². The third-order valence-electron chi connectivity index (χ3n) is 5.68. The lowest BCUT2D eigenvalue weighted by atomic mass is 10.1. The number of unbranched alkanes of at least 4 members (excludes halogenated alkanes) is 1. The molecule has 0 bridgehead atoms. The van der Waals surface area contributed by atoms with Crippen LogP contribution in [-0.2, 0) is 4.79 Å². The highest BCUT2D eigenvalue weighted by atomic mass is 16.1. The van der Waals surface area contributed by atoms with Crippen LogP contribution in [0.2, 0.25) is 0 Å². The molecule has 2 aliphatic heterocycles. The summed E-state index contributed by atoms with van der Waals surface area (Å²) in [5.41, 5.74) is 6.88. The molecule has 2 aromatic heterocycles. The number of fused-ring (bicyclic) bond motifs is 1. The van der Waals surface area contributed by atoms with Crippen molar-refractivity contribution >= 4 is 23.7 Å². The van der Waals surface area contributed by atoms with E-state index in [1.807, 2.05) is 12.3 Å². The first-order chi connectivity index (χ1) is 14.6. The lowest BCUT2D eigenvalue weighted by Gasteiger charge is -2.41. The van der Waals surface area contributed by atoms with Gasteiger partial charge in [0, 0.05) is 44.5 Å². The third kappa shape index (κ3) is 4.10. The highest BCUT2D eigenvalue weighted by Gasteiger charge is 2.29. The predicted molar refractivity (Wildman–Crippen MR) is 112 cm³/mol. The fourth-order valence-corrected chi connectivity index (χ4v) is 3.92. The molecule has 30 heavy (non-hydrogen) atoms. The number of aldehydes is 1. The van der Waals surface area contributed by atoms with Crippen LogP contribution in [0.1, 0.15) is 35.4 Å². The zero-order chi connectivity index (χ0) is 21.1. The molecule has 1 fully saturated rings. The van der Waals surface area contributed by atoms with Crippen molar-refractivity contribution in [3.8, 4) is 0 Å². The first-order valence-electron chi connectivity index (χ1n) is 10.1. The number of piperazine rings is 1. The van der Waals surface area contributed by atoms with Crippen molar-refractivity contribution < 1.29 is 9.59 Å². The lowest BCUT2D eigenvalue weighted by Crippen LogP contribution is -2.54. The second-order valence-corrected chi connectivity index (χ2v) is 7.63. The summed E-state index contributed by atoms with van der Waals surface area (Å²) >= 11 is 0. The summed E-state index contributed by atoms with van der Waals surface area (Å²) in [5.74, 6) is 0.0824. The summed E-state index contributed by atoms with van der Waals surface area (Å²) in [6.07, 6.45) is 12.1. The van der Waals surface area contributed by atoms with Crippen molar-refractivity contribution in [2.45, 2.75) is 31.5 Å². The number of nitrogens with one attached hydrogen (secondary N) is 1. The molecule has 158 valence electrons. The average Bonchev–Trinajstić information content (AvgIpc) is 3.18. The van der Waals surface area contributed by atoms with Gasteiger partial charge in [0.25, 0.3) is 5.91 Å². The maximum atomic E-state index is 11.5. The van der Waals surface area contributed by atoms with Gasteiger partial charge in [0.15, 0.2) is 11.5 Å². The van der Waals surface area contributed by atoms with Gasteiger partial charge in [0.1, 0.15) is 23.8 Å². The highest BCUT2D eigenvalue weighted by molar-refractivity contribution is 5.99. The molecule has 10 nitrogen and oxygen atoms in total. The van der Waals surface area contributed by atoms with Crippen molar-refractivity contribution in [3.63, 3.8) is 0 Å². The van der Waals surface area contributed by atoms with Gasteiger partial charge in [-0.2, -0.15) is 0 Å². The minimum atomic E-state index is -0.592. The molecular formula is C20H26N8O2. The number of carbonyl (C=O) groups is 2. The number of hydrogen-bond acceptors (Lipinski definition) is 8. The zero-order valence-corrected chi connectivity index (χ0v) is 16.9. The van der Waals surface area contributed by atoms with Crippen LogP contribution in [0.25, 0.3) is 5.65 Å². The standard InChI is InChI=1S/C20H26N8O2/c1-26-7-8-27(12-14(26)4-2-3-9-29)17-5-6-22-20(25-17)16-10-24-18-11-23-15(19(21)30)13-28(16)18/h5-6,9-11,13-14,17H,2-4,7-8,12H2,1H3,(H2,21,30)(H,22,25). The molecular weight excluding hydrogens is 384 g/mol. The van der Waals surface area contributed by atoms with Crippen LogP contribution in [0.5, 0.6) is 0 Å². The molecule has 3 N–H and O–H groups in total. The van der Waals surface area contributed by atoms with E-state index < -0.39 is 5.91 Å². The van der Waals surface area contributed by atoms with Crippen LogP contribution in [0.3, 0.4) is 0 Å². The number of aromatic nitrogens is 3. The van der Waals surface area contributed by atoms with E-state index in [1.54, 1.807) is 16.8 Å². The van der Waals surface area contributed by atoms with Gasteiger partial charge in [-0.05, 0) is 26.0 Å². The molecule has 0 saturated carbocycles. The number of carbonyl (C=O) groups excluding carboxylic acids is 2. The number of amides is 1. The van der Waals surface area contributed by atoms with Gasteiger partial charge in [-0.3, -0.25) is 14.1 Å². The average molecular weight is 410 g/mol. The van der Waals surface area contributed by atoms with Gasteiger partial charge in [0.2, 0.25) is 0 Å². The lowest BCUT2D eigenvalue weighted by molar-refractivity contribution is -0.108. The second kappa shape index (κ2) is 8.72. The van der Waals surface area contributed by atoms with Crippen molar-refractivity contribution in [1.29, 1.82) is 0 Å². The van der Waals surface area contributed by atoms with E-state index in [2.05, 4.69) is 32.1 Å². The molecule has 4 heterocycles. The number of primary amides is 1. The molecule has 0 aromatic carbocycles. The Morgan fingerprint density at radius 1 is 1.33 bits per heavy atom. The van der Waals surface area contributed by atoms with Crippen LogP contribution < -0.4 is 11.1 Å². The quantitative estimate of drug-likeness (QED) is 0.487. The number of aliphatic imine (C=N–C) groups is 1. The van der Waals surface area contributed by atoms with Gasteiger partial charge >= 0.3 is 0 Å². The Morgan fingerprint density at radius 2 is 2.20 bits per heavy atom. The Balaban J connectivity index is 1.55. The zero-order valence-electron chi connectivity index (χ0n) is 16.9. The maximum Gasteiger partial charge on any atom is 0.268 e. The molecule has 2 atom stereocenters. The normalized spacial score (nSPS) is 22.6. The molecule has 1 amide bonds. The van der Waals surface area contributed by atoms with E-state index in [0.29, 0.717) is 23.9 Å². The topological polar surface area (TPSA) is 121 Å². The first kappa shape index (κ1) is 20.2. The van der Waals surface area contributed by atoms with E-state index in [1.165, 1.54) is 6.20 Å². The van der Waals surface area contributed by atoms with Crippen molar-refractivity contribution in [3.05, 3.63) is 42.3 Å². The maximum absolute atomic E-state index is 11.5. The molecule has 0 radical (unpaired) electrons. The smallest absolute Gasteiger partial charge is 0.268 e. The molecule has 2 aliphatic rings. The number of imidazole rings is 1. The molecule has 0 aliphatic carbocycles. The Hall–Kier alpha value is -3.11. The Kier molecular flexibility index (Phi) is 5.86. The summed E-state index contributed by atoms with van der Waals surface area (Å²) in [4.78, 5) is 40.1. The molecule has 1 saturated heterocycles. The van der Waals surface area contributed by atoms with Gasteiger partial charge in [-0.15, -0.1) is 0 Å². The van der Waals surface area contributed by atoms with E-state index in [9.17, 15) is 9.59 Å². The molecule has 0 spiro atoms. The monoisotopic (exact) mass is 410 g/mol. The van der Waals surface area contributed by atoms with Crippen molar-refractivity contribution in [1.82, 2.24) is 29.5 Å². The Morgan fingerprint density at radius 3 is 3.00 bits per heavy atom. The van der Waals surface area contributed by atoms with Gasteiger partial charge in [-0.1, -0.05) is 0 Å². The van der Waals surface area contributed by atoms with E-state index in [4.69, 9.17) is 10.7 Å². The minimum absolute atomic E-state index is 0.0912. The summed E-state index contributed by atoms with van der Waals surface area (Å²) in [6.45, 7) is 2.76. The first-order valence-corrected chi connectivity index (χ1v) is 10.1. The summed E-state index contributed by atoms with van der Waals surface area (Å²) < 4.78 is 1.77. The minimum Gasteiger partial charge on any atom is -0.364 e. The molecule has 4 rings (SSSR count). The van der Waals surface area contributed by atoms with Crippen LogP contribution >= 0.6 is 0 Å². The number of rotatable bonds is 7. The number of nitrogens with two attached hydrogens (primary N) is 1. The summed E-state index contributed by atoms with van der Waals surface area (Å²) in [6, 6.07) is 0.403. The largest absolute Gasteiger partial charge is 0.364 e. The van der Waals surface area contributed by atoms with Crippen LogP contribution in [-0.4, -0.2) is 81.1 Å². The predicted octanol–water partition coefficient (Wildman–Crippen LogP) is 0.00300. The fraction of sp³-hybridized carbons (Fsp3) is 0.450. The summed E-state index contributed by atoms with van der Waals surface area (Å²) in [5, 5.41) is 3.19. The summed E-state index contributed by atoms with van der Waals surface area (Å²) in [7, 11) is 2.14. The van der Waals surface area contributed by atoms with Gasteiger partial charge < -0.3 is 20.7 Å². The van der Waals surface area contributed by atoms with E-state index in [0.717, 1.165) is 44.5 Å². The SMILES string of the molecule is CN1CCN(C2C=CNC(c3cnc4cnc(C(N)=O)cn34)=N2)CC1CCCC=O. The van der Waals surface area contributed by atoms with E-state index in [-0.39, 0.29) is 11.9 Å². The molecule has 2 unspecified atom stereocenters. The Labute approximate surface area is 174 Å². The van der Waals surface area contributed by atoms with Gasteiger partial charge in [0.05, 0.1) is 12.4 Å². The highest BCUT2D eigenvalue weighted by Crippen LogP contribution is 2.19. The number of nitrogens with zero attached hydrogens (tertiary/aromatic N) is 6. The van der Waals surface area contributed by atoms with E-state index >= 15 is 0 Å². The molecule has 2 aromatic rings. The van der Waals surface area contributed by atoms with Crippen molar-refractivity contribution in [2.24, 2.45) is 10.7 Å². The Bertz CT molecular complexity index is 998. The molecule has 10 heteroatoms.